The molecule has 3 heterocycles. The molecule has 0 saturated carbocycles. The standard InChI is InChI=1S/C23H24N4OS/c1-5-14(2)17-6-8-19(9-7-17)27-15(3)12-18(16(27)4)13-20-21(24)26-10-11-29-23(26)25-22(20)28/h6-14,24H,5H2,1-4H3/b20-13-,24-21?. The van der Waals surface area contributed by atoms with Crippen LogP contribution in [0.2, 0.25) is 0 Å². The van der Waals surface area contributed by atoms with Crippen molar-refractivity contribution in [3.05, 3.63) is 70.0 Å². The van der Waals surface area contributed by atoms with Crippen molar-refractivity contribution in [2.24, 2.45) is 4.99 Å². The molecule has 2 aliphatic rings. The Morgan fingerprint density at radius 3 is 2.66 bits per heavy atom. The first-order valence-electron chi connectivity index (χ1n) is 9.76. The largest absolute Gasteiger partial charge is 0.318 e. The molecule has 29 heavy (non-hydrogen) atoms. The minimum atomic E-state index is -0.361. The molecule has 6 heteroatoms. The van der Waals surface area contributed by atoms with Crippen molar-refractivity contribution >= 4 is 34.7 Å². The molecular weight excluding hydrogens is 380 g/mol. The summed E-state index contributed by atoms with van der Waals surface area (Å²) in [5.41, 5.74) is 5.80. The number of thioether (sulfide) groups is 1. The summed E-state index contributed by atoms with van der Waals surface area (Å²) in [6, 6.07) is 10.7. The number of nitrogens with one attached hydrogen (secondary N) is 1. The molecule has 0 spiro atoms. The van der Waals surface area contributed by atoms with Crippen LogP contribution in [0.1, 0.15) is 48.7 Å². The smallest absolute Gasteiger partial charge is 0.283 e. The Morgan fingerprint density at radius 2 is 1.97 bits per heavy atom. The molecule has 1 atom stereocenters. The van der Waals surface area contributed by atoms with Gasteiger partial charge in [0.1, 0.15) is 5.84 Å². The molecule has 1 N–H and O–H groups in total. The fraction of sp³-hybridized carbons (Fsp3) is 0.261. The normalized spacial score (nSPS) is 18.4. The highest BCUT2D eigenvalue weighted by Gasteiger charge is 2.31. The van der Waals surface area contributed by atoms with E-state index in [-0.39, 0.29) is 11.7 Å². The molecule has 0 radical (unpaired) electrons. The summed E-state index contributed by atoms with van der Waals surface area (Å²) in [4.78, 5) is 18.2. The number of amides is 1. The van der Waals surface area contributed by atoms with Gasteiger partial charge in [-0.1, -0.05) is 37.7 Å². The number of hydrogen-bond donors (Lipinski definition) is 1. The van der Waals surface area contributed by atoms with Gasteiger partial charge in [0.05, 0.1) is 5.57 Å². The van der Waals surface area contributed by atoms with E-state index in [0.29, 0.717) is 16.7 Å². The van der Waals surface area contributed by atoms with Crippen LogP contribution in [-0.2, 0) is 4.79 Å². The third kappa shape index (κ3) is 3.38. The van der Waals surface area contributed by atoms with Gasteiger partial charge in [-0.05, 0) is 67.0 Å². The third-order valence-electron chi connectivity index (χ3n) is 5.62. The van der Waals surface area contributed by atoms with Gasteiger partial charge in [-0.3, -0.25) is 15.1 Å². The van der Waals surface area contributed by atoms with Gasteiger partial charge in [-0.25, -0.2) is 0 Å². The molecule has 0 saturated heterocycles. The van der Waals surface area contributed by atoms with Gasteiger partial charge >= 0.3 is 0 Å². The first kappa shape index (κ1) is 19.5. The van der Waals surface area contributed by atoms with Gasteiger partial charge in [0.2, 0.25) is 0 Å². The minimum Gasteiger partial charge on any atom is -0.318 e. The third-order valence-corrected chi connectivity index (χ3v) is 6.37. The summed E-state index contributed by atoms with van der Waals surface area (Å²) in [6.07, 6.45) is 4.68. The number of rotatable bonds is 4. The lowest BCUT2D eigenvalue weighted by Crippen LogP contribution is -2.35. The Bertz CT molecular complexity index is 1090. The van der Waals surface area contributed by atoms with Crippen LogP contribution in [-0.4, -0.2) is 26.4 Å². The second-order valence-electron chi connectivity index (χ2n) is 7.44. The molecule has 0 aliphatic carbocycles. The summed E-state index contributed by atoms with van der Waals surface area (Å²) < 4.78 is 2.18. The Morgan fingerprint density at radius 1 is 1.24 bits per heavy atom. The van der Waals surface area contributed by atoms with E-state index in [1.54, 1.807) is 17.2 Å². The van der Waals surface area contributed by atoms with Gasteiger partial charge in [0, 0.05) is 23.3 Å². The molecule has 1 aromatic carbocycles. The molecule has 2 aliphatic heterocycles. The van der Waals surface area contributed by atoms with Crippen molar-refractivity contribution in [3.8, 4) is 5.69 Å². The van der Waals surface area contributed by atoms with Crippen LogP contribution in [0.25, 0.3) is 11.8 Å². The van der Waals surface area contributed by atoms with E-state index in [2.05, 4.69) is 60.7 Å². The molecule has 2 aromatic rings. The van der Waals surface area contributed by atoms with Gasteiger partial charge in [-0.2, -0.15) is 4.99 Å². The second kappa shape index (κ2) is 7.52. The zero-order valence-corrected chi connectivity index (χ0v) is 17.9. The SMILES string of the molecule is CCC(C)c1ccc(-n2c(C)cc(/C=C3/C(=N)N4C=CSC4=NC3=O)c2C)cc1. The van der Waals surface area contributed by atoms with E-state index in [0.717, 1.165) is 29.1 Å². The van der Waals surface area contributed by atoms with Gasteiger partial charge in [0.15, 0.2) is 5.17 Å². The predicted molar refractivity (Wildman–Crippen MR) is 121 cm³/mol. The maximum absolute atomic E-state index is 12.5. The number of hydrogen-bond acceptors (Lipinski definition) is 3. The van der Waals surface area contributed by atoms with Crippen LogP contribution in [0.5, 0.6) is 0 Å². The molecule has 0 fully saturated rings. The average Bonchev–Trinajstić information content (AvgIpc) is 3.29. The van der Waals surface area contributed by atoms with Crippen molar-refractivity contribution in [2.45, 2.75) is 40.0 Å². The maximum atomic E-state index is 12.5. The topological polar surface area (TPSA) is 61.5 Å². The van der Waals surface area contributed by atoms with Gasteiger partial charge < -0.3 is 4.57 Å². The Kier molecular flexibility index (Phi) is 5.04. The van der Waals surface area contributed by atoms with Crippen LogP contribution in [0.4, 0.5) is 0 Å². The maximum Gasteiger partial charge on any atom is 0.283 e. The van der Waals surface area contributed by atoms with Crippen molar-refractivity contribution in [1.82, 2.24) is 9.47 Å². The van der Waals surface area contributed by atoms with Crippen LogP contribution >= 0.6 is 11.8 Å². The Balaban J connectivity index is 1.71. The fourth-order valence-electron chi connectivity index (χ4n) is 3.71. The monoisotopic (exact) mass is 404 g/mol. The van der Waals surface area contributed by atoms with Gasteiger partial charge in [0.25, 0.3) is 5.91 Å². The van der Waals surface area contributed by atoms with E-state index >= 15 is 0 Å². The van der Waals surface area contributed by atoms with Crippen molar-refractivity contribution < 1.29 is 4.79 Å². The number of aryl methyl sites for hydroxylation is 1. The highest BCUT2D eigenvalue weighted by molar-refractivity contribution is 8.16. The van der Waals surface area contributed by atoms with E-state index in [4.69, 9.17) is 5.41 Å². The van der Waals surface area contributed by atoms with Crippen molar-refractivity contribution in [1.29, 1.82) is 5.41 Å². The Hall–Kier alpha value is -2.86. The summed E-state index contributed by atoms with van der Waals surface area (Å²) >= 11 is 1.36. The molecule has 4 rings (SSSR count). The summed E-state index contributed by atoms with van der Waals surface area (Å²) in [7, 11) is 0. The lowest BCUT2D eigenvalue weighted by Gasteiger charge is -2.22. The predicted octanol–water partition coefficient (Wildman–Crippen LogP) is 5.38. The number of aromatic nitrogens is 1. The summed E-state index contributed by atoms with van der Waals surface area (Å²) in [5.74, 6) is 0.354. The first-order valence-corrected chi connectivity index (χ1v) is 10.6. The minimum absolute atomic E-state index is 0.170. The molecule has 0 bridgehead atoms. The number of carbonyl (C=O) groups is 1. The number of amidine groups is 2. The second-order valence-corrected chi connectivity index (χ2v) is 8.31. The Labute approximate surface area is 175 Å². The summed E-state index contributed by atoms with van der Waals surface area (Å²) in [6.45, 7) is 8.54. The highest BCUT2D eigenvalue weighted by atomic mass is 32.2. The van der Waals surface area contributed by atoms with E-state index < -0.39 is 0 Å². The lowest BCUT2D eigenvalue weighted by atomic mass is 9.98. The quantitative estimate of drug-likeness (QED) is 0.696. The number of carbonyl (C=O) groups excluding carboxylic acids is 1. The van der Waals surface area contributed by atoms with E-state index in [9.17, 15) is 4.79 Å². The first-order chi connectivity index (χ1) is 13.9. The average molecular weight is 405 g/mol. The molecule has 1 unspecified atom stereocenters. The van der Waals surface area contributed by atoms with Crippen molar-refractivity contribution in [2.75, 3.05) is 0 Å². The molecule has 1 aromatic heterocycles. The van der Waals surface area contributed by atoms with E-state index in [1.165, 1.54) is 17.3 Å². The number of fused-ring (bicyclic) bond motifs is 1. The highest BCUT2D eigenvalue weighted by Crippen LogP contribution is 2.29. The number of nitrogens with zero attached hydrogens (tertiary/aromatic N) is 3. The van der Waals surface area contributed by atoms with Crippen LogP contribution < -0.4 is 0 Å². The lowest BCUT2D eigenvalue weighted by molar-refractivity contribution is -0.114. The van der Waals surface area contributed by atoms with Crippen LogP contribution in [0.3, 0.4) is 0 Å². The van der Waals surface area contributed by atoms with Gasteiger partial charge in [-0.15, -0.1) is 0 Å². The zero-order valence-electron chi connectivity index (χ0n) is 17.1. The van der Waals surface area contributed by atoms with Crippen molar-refractivity contribution in [3.63, 3.8) is 0 Å². The molecule has 148 valence electrons. The molecular formula is C23H24N4OS. The molecule has 5 nitrogen and oxygen atoms in total. The van der Waals surface area contributed by atoms with Crippen LogP contribution in [0, 0.1) is 19.3 Å². The molecule has 1 amide bonds. The number of benzene rings is 1. The van der Waals surface area contributed by atoms with E-state index in [1.807, 2.05) is 12.3 Å². The summed E-state index contributed by atoms with van der Waals surface area (Å²) in [5, 5.41) is 10.8. The number of aliphatic imine (C=N–C) groups is 1. The van der Waals surface area contributed by atoms with Crippen LogP contribution in [0.15, 0.2) is 52.5 Å². The fourth-order valence-corrected chi connectivity index (χ4v) is 4.41. The zero-order chi connectivity index (χ0) is 20.7.